The maximum Gasteiger partial charge on any atom is 0.335 e. The monoisotopic (exact) mass is 291 g/mol. The minimum Gasteiger partial charge on any atom is -0.463 e. The van der Waals surface area contributed by atoms with Gasteiger partial charge in [-0.3, -0.25) is 14.2 Å². The fourth-order valence-corrected chi connectivity index (χ4v) is 2.59. The lowest BCUT2D eigenvalue weighted by atomic mass is 10.2. The molecule has 0 N–H and O–H groups in total. The minimum atomic E-state index is -0.600. The highest BCUT2D eigenvalue weighted by molar-refractivity contribution is 7.16. The molecule has 1 aromatic heterocycles. The third-order valence-corrected chi connectivity index (χ3v) is 3.66. The van der Waals surface area contributed by atoms with Crippen LogP contribution in [0.15, 0.2) is 46.0 Å². The lowest BCUT2D eigenvalue weighted by molar-refractivity contribution is -0.138. The average molecular weight is 291 g/mol. The lowest BCUT2D eigenvalue weighted by Gasteiger charge is -2.07. The predicted molar refractivity (Wildman–Crippen MR) is 78.1 cm³/mol. The van der Waals surface area contributed by atoms with Crippen molar-refractivity contribution in [1.82, 2.24) is 4.57 Å². The predicted octanol–water partition coefficient (Wildman–Crippen LogP) is 1.54. The zero-order valence-electron chi connectivity index (χ0n) is 10.9. The molecule has 0 saturated carbocycles. The van der Waals surface area contributed by atoms with Crippen molar-refractivity contribution in [1.29, 1.82) is 0 Å². The van der Waals surface area contributed by atoms with Gasteiger partial charge in [0.1, 0.15) is 0 Å². The highest BCUT2D eigenvalue weighted by Crippen LogP contribution is 2.11. The van der Waals surface area contributed by atoms with E-state index in [2.05, 4.69) is 6.58 Å². The standard InChI is InChI=1S/C14H13NO4S/c1-3-19-13(17)9(2)8-15-12(16)10-6-4-5-7-11(10)20-14(15)18/h4-7H,2-3,8H2,1H3. The van der Waals surface area contributed by atoms with E-state index < -0.39 is 16.4 Å². The average Bonchev–Trinajstić information content (AvgIpc) is 2.43. The SMILES string of the molecule is C=C(Cn1c(=O)sc2ccccc2c1=O)C(=O)OCC. The molecule has 5 nitrogen and oxygen atoms in total. The summed E-state index contributed by atoms with van der Waals surface area (Å²) in [4.78, 5) is 35.3. The fourth-order valence-electron chi connectivity index (χ4n) is 1.73. The molecule has 0 amide bonds. The van der Waals surface area contributed by atoms with Gasteiger partial charge in [0.25, 0.3) is 5.56 Å². The van der Waals surface area contributed by atoms with Crippen molar-refractivity contribution in [3.8, 4) is 0 Å². The van der Waals surface area contributed by atoms with E-state index in [0.29, 0.717) is 10.1 Å². The molecule has 2 aromatic rings. The molecular formula is C14H13NO4S. The van der Waals surface area contributed by atoms with Gasteiger partial charge in [-0.05, 0) is 19.1 Å². The number of carbonyl (C=O) groups is 1. The van der Waals surface area contributed by atoms with Gasteiger partial charge in [-0.2, -0.15) is 0 Å². The summed E-state index contributed by atoms with van der Waals surface area (Å²) >= 11 is 0.964. The molecule has 20 heavy (non-hydrogen) atoms. The van der Waals surface area contributed by atoms with Gasteiger partial charge in [-0.15, -0.1) is 0 Å². The Morgan fingerprint density at radius 3 is 2.75 bits per heavy atom. The van der Waals surface area contributed by atoms with Crippen molar-refractivity contribution in [3.05, 3.63) is 56.4 Å². The third kappa shape index (κ3) is 2.70. The highest BCUT2D eigenvalue weighted by atomic mass is 32.1. The Morgan fingerprint density at radius 1 is 1.35 bits per heavy atom. The highest BCUT2D eigenvalue weighted by Gasteiger charge is 2.13. The first-order valence-corrected chi connectivity index (χ1v) is 6.83. The second-order valence-electron chi connectivity index (χ2n) is 4.08. The van der Waals surface area contributed by atoms with Crippen LogP contribution in [0.25, 0.3) is 10.1 Å². The van der Waals surface area contributed by atoms with E-state index in [1.165, 1.54) is 0 Å². The van der Waals surface area contributed by atoms with Crippen molar-refractivity contribution in [2.75, 3.05) is 6.61 Å². The molecule has 0 aliphatic carbocycles. The summed E-state index contributed by atoms with van der Waals surface area (Å²) in [7, 11) is 0. The molecule has 0 bridgehead atoms. The number of aromatic nitrogens is 1. The maximum absolute atomic E-state index is 12.2. The minimum absolute atomic E-state index is 0.0773. The zero-order chi connectivity index (χ0) is 14.7. The molecule has 0 aliphatic rings. The summed E-state index contributed by atoms with van der Waals surface area (Å²) in [5.41, 5.74) is -0.344. The number of fused-ring (bicyclic) bond motifs is 1. The molecule has 0 radical (unpaired) electrons. The first kappa shape index (κ1) is 14.2. The van der Waals surface area contributed by atoms with Gasteiger partial charge in [0.05, 0.1) is 18.5 Å². The molecule has 0 fully saturated rings. The summed E-state index contributed by atoms with van der Waals surface area (Å²) in [6, 6.07) is 6.86. The van der Waals surface area contributed by atoms with Crippen LogP contribution in [0, 0.1) is 0 Å². The van der Waals surface area contributed by atoms with Crippen LogP contribution in [0.5, 0.6) is 0 Å². The molecule has 0 spiro atoms. The Balaban J connectivity index is 2.45. The Bertz CT molecular complexity index is 788. The maximum atomic E-state index is 12.2. The second-order valence-corrected chi connectivity index (χ2v) is 5.07. The second kappa shape index (κ2) is 5.83. The van der Waals surface area contributed by atoms with Crippen LogP contribution >= 0.6 is 11.3 Å². The fraction of sp³-hybridized carbons (Fsp3) is 0.214. The molecule has 0 unspecified atom stereocenters. The molecule has 104 valence electrons. The van der Waals surface area contributed by atoms with Crippen LogP contribution in [0.2, 0.25) is 0 Å². The van der Waals surface area contributed by atoms with Crippen molar-refractivity contribution in [2.45, 2.75) is 13.5 Å². The largest absolute Gasteiger partial charge is 0.463 e. The molecule has 0 saturated heterocycles. The van der Waals surface area contributed by atoms with Gasteiger partial charge in [0.15, 0.2) is 0 Å². The number of hydrogen-bond donors (Lipinski definition) is 0. The Labute approximate surface area is 118 Å². The van der Waals surface area contributed by atoms with E-state index in [1.54, 1.807) is 31.2 Å². The van der Waals surface area contributed by atoms with Gasteiger partial charge >= 0.3 is 10.8 Å². The third-order valence-electron chi connectivity index (χ3n) is 2.69. The smallest absolute Gasteiger partial charge is 0.335 e. The van der Waals surface area contributed by atoms with Crippen LogP contribution in [-0.2, 0) is 16.1 Å². The normalized spacial score (nSPS) is 10.4. The van der Waals surface area contributed by atoms with E-state index in [1.807, 2.05) is 0 Å². The molecule has 0 aliphatic heterocycles. The Hall–Kier alpha value is -2.21. The summed E-state index contributed by atoms with van der Waals surface area (Å²) in [5, 5.41) is 0.453. The van der Waals surface area contributed by atoms with E-state index in [9.17, 15) is 14.4 Å². The number of esters is 1. The Kier molecular flexibility index (Phi) is 4.14. The molecule has 1 heterocycles. The van der Waals surface area contributed by atoms with Gasteiger partial charge in [-0.25, -0.2) is 4.79 Å². The Morgan fingerprint density at radius 2 is 2.05 bits per heavy atom. The van der Waals surface area contributed by atoms with Gasteiger partial charge in [0, 0.05) is 10.3 Å². The number of hydrogen-bond acceptors (Lipinski definition) is 5. The summed E-state index contributed by atoms with van der Waals surface area (Å²) < 4.78 is 6.42. The number of benzene rings is 1. The summed E-state index contributed by atoms with van der Waals surface area (Å²) in [6.45, 7) is 5.30. The number of rotatable bonds is 4. The van der Waals surface area contributed by atoms with E-state index in [0.717, 1.165) is 15.9 Å². The zero-order valence-corrected chi connectivity index (χ0v) is 11.7. The van der Waals surface area contributed by atoms with Crippen LogP contribution < -0.4 is 10.4 Å². The van der Waals surface area contributed by atoms with E-state index in [-0.39, 0.29) is 18.7 Å². The molecule has 2 rings (SSSR count). The number of nitrogens with zero attached hydrogens (tertiary/aromatic N) is 1. The first-order valence-electron chi connectivity index (χ1n) is 6.02. The van der Waals surface area contributed by atoms with Gasteiger partial charge < -0.3 is 4.74 Å². The van der Waals surface area contributed by atoms with Gasteiger partial charge in [-0.1, -0.05) is 30.0 Å². The van der Waals surface area contributed by atoms with E-state index >= 15 is 0 Å². The summed E-state index contributed by atoms with van der Waals surface area (Å²) in [5.74, 6) is -0.600. The van der Waals surface area contributed by atoms with E-state index in [4.69, 9.17) is 4.74 Å². The number of carbonyl (C=O) groups excluding carboxylic acids is 1. The van der Waals surface area contributed by atoms with Crippen molar-refractivity contribution < 1.29 is 9.53 Å². The van der Waals surface area contributed by atoms with Crippen LogP contribution in [0.1, 0.15) is 6.92 Å². The first-order chi connectivity index (χ1) is 9.54. The molecule has 1 aromatic carbocycles. The van der Waals surface area contributed by atoms with Gasteiger partial charge in [0.2, 0.25) is 0 Å². The van der Waals surface area contributed by atoms with Crippen molar-refractivity contribution in [3.63, 3.8) is 0 Å². The molecule has 0 atom stereocenters. The van der Waals surface area contributed by atoms with Crippen LogP contribution in [-0.4, -0.2) is 17.1 Å². The van der Waals surface area contributed by atoms with Crippen LogP contribution in [0.4, 0.5) is 0 Å². The molecule has 6 heteroatoms. The van der Waals surface area contributed by atoms with Crippen molar-refractivity contribution >= 4 is 27.4 Å². The van der Waals surface area contributed by atoms with Crippen molar-refractivity contribution in [2.24, 2.45) is 0 Å². The number of ether oxygens (including phenoxy) is 1. The molecular weight excluding hydrogens is 278 g/mol. The van der Waals surface area contributed by atoms with Crippen LogP contribution in [0.3, 0.4) is 0 Å². The summed E-state index contributed by atoms with van der Waals surface area (Å²) in [6.07, 6.45) is 0. The lowest BCUT2D eigenvalue weighted by Crippen LogP contribution is -2.32. The topological polar surface area (TPSA) is 65.4 Å². The quantitative estimate of drug-likeness (QED) is 0.633.